The van der Waals surface area contributed by atoms with Gasteiger partial charge in [-0.2, -0.15) is 5.26 Å². The summed E-state index contributed by atoms with van der Waals surface area (Å²) in [5, 5.41) is 9.15. The van der Waals surface area contributed by atoms with Crippen molar-refractivity contribution in [2.24, 2.45) is 0 Å². The van der Waals surface area contributed by atoms with Crippen LogP contribution in [0.2, 0.25) is 0 Å². The van der Waals surface area contributed by atoms with E-state index in [1.54, 1.807) is 39.8 Å². The molecule has 26 heavy (non-hydrogen) atoms. The Balaban J connectivity index is 2.79. The second-order valence-corrected chi connectivity index (χ2v) is 6.25. The minimum atomic E-state index is -0.704. The van der Waals surface area contributed by atoms with Crippen molar-refractivity contribution in [2.45, 2.75) is 40.3 Å². The lowest BCUT2D eigenvalue weighted by Gasteiger charge is -2.17. The van der Waals surface area contributed by atoms with Gasteiger partial charge in [0.15, 0.2) is 0 Å². The molecule has 2 rings (SSSR count). The third kappa shape index (κ3) is 3.81. The minimum absolute atomic E-state index is 0.00307. The number of rotatable bonds is 6. The molecule has 7 nitrogen and oxygen atoms in total. The molecule has 0 unspecified atom stereocenters. The van der Waals surface area contributed by atoms with Crippen LogP contribution < -0.4 is 11.2 Å². The predicted octanol–water partition coefficient (Wildman–Crippen LogP) is 2.07. The Morgan fingerprint density at radius 2 is 2.00 bits per heavy atom. The zero-order valence-corrected chi connectivity index (χ0v) is 15.3. The lowest BCUT2D eigenvalue weighted by Crippen LogP contribution is -2.38. The number of nitriles is 1. The van der Waals surface area contributed by atoms with Crippen molar-refractivity contribution in [3.8, 4) is 6.07 Å². The van der Waals surface area contributed by atoms with Gasteiger partial charge in [-0.15, -0.1) is 0 Å². The quantitative estimate of drug-likeness (QED) is 0.799. The molecule has 0 aliphatic heterocycles. The van der Waals surface area contributed by atoms with Crippen LogP contribution in [-0.4, -0.2) is 21.9 Å². The molecular weight excluding hydrogens is 334 g/mol. The number of carbonyl (C=O) groups is 1. The Kier molecular flexibility index (Phi) is 5.90. The molecule has 0 aliphatic carbocycles. The molecule has 0 amide bonds. The Labute approximate surface area is 150 Å². The summed E-state index contributed by atoms with van der Waals surface area (Å²) >= 11 is 0. The van der Waals surface area contributed by atoms with Gasteiger partial charge in [0.2, 0.25) is 5.78 Å². The molecule has 136 valence electrons. The SMILES string of the molecule is CCOCn1c(C(=O)c2cc(C)cc(C#N)c2)c(C(C)C)c(=O)[nH]c1=O. The van der Waals surface area contributed by atoms with Gasteiger partial charge in [-0.1, -0.05) is 13.8 Å². The average molecular weight is 355 g/mol. The largest absolute Gasteiger partial charge is 0.361 e. The van der Waals surface area contributed by atoms with Gasteiger partial charge in [0.05, 0.1) is 11.6 Å². The zero-order valence-electron chi connectivity index (χ0n) is 15.3. The first-order valence-electron chi connectivity index (χ1n) is 8.31. The first-order chi connectivity index (χ1) is 12.3. The fourth-order valence-corrected chi connectivity index (χ4v) is 2.79. The smallest absolute Gasteiger partial charge is 0.330 e. The molecule has 1 N–H and O–H groups in total. The molecule has 0 saturated heterocycles. The first kappa shape index (κ1) is 19.3. The summed E-state index contributed by atoms with van der Waals surface area (Å²) in [5.74, 6) is -0.775. The summed E-state index contributed by atoms with van der Waals surface area (Å²) < 4.78 is 6.44. The number of hydrogen-bond donors (Lipinski definition) is 1. The van der Waals surface area contributed by atoms with Gasteiger partial charge in [-0.25, -0.2) is 4.79 Å². The number of carbonyl (C=O) groups excluding carboxylic acids is 1. The molecule has 1 aromatic heterocycles. The highest BCUT2D eigenvalue weighted by atomic mass is 16.5. The van der Waals surface area contributed by atoms with E-state index in [2.05, 4.69) is 4.98 Å². The van der Waals surface area contributed by atoms with E-state index in [-0.39, 0.29) is 29.5 Å². The van der Waals surface area contributed by atoms with Crippen LogP contribution in [0.15, 0.2) is 27.8 Å². The van der Waals surface area contributed by atoms with E-state index in [1.807, 2.05) is 6.07 Å². The topological polar surface area (TPSA) is 105 Å². The highest BCUT2D eigenvalue weighted by Gasteiger charge is 2.24. The molecule has 1 aromatic carbocycles. The maximum absolute atomic E-state index is 13.2. The summed E-state index contributed by atoms with van der Waals surface area (Å²) in [5.41, 5.74) is 0.244. The Morgan fingerprint density at radius 3 is 2.58 bits per heavy atom. The monoisotopic (exact) mass is 355 g/mol. The number of hydrogen-bond acceptors (Lipinski definition) is 5. The van der Waals surface area contributed by atoms with E-state index < -0.39 is 17.0 Å². The summed E-state index contributed by atoms with van der Waals surface area (Å²) in [6.07, 6.45) is 0. The Bertz CT molecular complexity index is 993. The van der Waals surface area contributed by atoms with Gasteiger partial charge >= 0.3 is 5.69 Å². The normalized spacial score (nSPS) is 10.8. The number of nitrogens with one attached hydrogen (secondary N) is 1. The molecule has 0 radical (unpaired) electrons. The summed E-state index contributed by atoms with van der Waals surface area (Å²) in [4.78, 5) is 40.1. The molecule has 1 heterocycles. The van der Waals surface area contributed by atoms with Crippen LogP contribution in [0.4, 0.5) is 0 Å². The van der Waals surface area contributed by atoms with Gasteiger partial charge in [-0.05, 0) is 43.5 Å². The Morgan fingerprint density at radius 1 is 1.31 bits per heavy atom. The highest BCUT2D eigenvalue weighted by molar-refractivity contribution is 6.09. The van der Waals surface area contributed by atoms with E-state index in [4.69, 9.17) is 10.00 Å². The molecule has 0 spiro atoms. The van der Waals surface area contributed by atoms with Crippen LogP contribution in [0, 0.1) is 18.3 Å². The van der Waals surface area contributed by atoms with E-state index in [1.165, 1.54) is 6.07 Å². The highest BCUT2D eigenvalue weighted by Crippen LogP contribution is 2.20. The van der Waals surface area contributed by atoms with Gasteiger partial charge < -0.3 is 4.74 Å². The van der Waals surface area contributed by atoms with Gasteiger partial charge in [0.25, 0.3) is 5.56 Å². The van der Waals surface area contributed by atoms with E-state index in [9.17, 15) is 14.4 Å². The molecule has 7 heteroatoms. The van der Waals surface area contributed by atoms with Crippen LogP contribution in [-0.2, 0) is 11.5 Å². The second kappa shape index (κ2) is 7.93. The lowest BCUT2D eigenvalue weighted by atomic mass is 9.95. The Hall–Kier alpha value is -2.98. The van der Waals surface area contributed by atoms with Crippen molar-refractivity contribution < 1.29 is 9.53 Å². The lowest BCUT2D eigenvalue weighted by molar-refractivity contribution is 0.0783. The number of benzene rings is 1. The maximum atomic E-state index is 13.2. The first-order valence-corrected chi connectivity index (χ1v) is 8.31. The standard InChI is InChI=1S/C19H21N3O4/c1-5-26-10-22-16(15(11(2)3)18(24)21-19(22)25)17(23)14-7-12(4)6-13(8-14)9-20/h6-8,11H,5,10H2,1-4H3,(H,21,24,25). The molecule has 0 aliphatic rings. The van der Waals surface area contributed by atoms with Crippen LogP contribution in [0.5, 0.6) is 0 Å². The number of H-pyrrole nitrogens is 1. The fraction of sp³-hybridized carbons (Fsp3) is 0.368. The van der Waals surface area contributed by atoms with Gasteiger partial charge in [0.1, 0.15) is 12.4 Å². The molecule has 0 bridgehead atoms. The number of ketones is 1. The molecule has 0 fully saturated rings. The van der Waals surface area contributed by atoms with Gasteiger partial charge in [-0.3, -0.25) is 19.1 Å². The summed E-state index contributed by atoms with van der Waals surface area (Å²) in [6.45, 7) is 7.28. The van der Waals surface area contributed by atoms with Crippen LogP contribution in [0.25, 0.3) is 0 Å². The second-order valence-electron chi connectivity index (χ2n) is 6.25. The maximum Gasteiger partial charge on any atom is 0.330 e. The van der Waals surface area contributed by atoms with E-state index in [0.717, 1.165) is 10.1 Å². The van der Waals surface area contributed by atoms with Crippen molar-refractivity contribution in [3.63, 3.8) is 0 Å². The van der Waals surface area contributed by atoms with Crippen molar-refractivity contribution in [1.82, 2.24) is 9.55 Å². The predicted molar refractivity (Wildman–Crippen MR) is 96.4 cm³/mol. The van der Waals surface area contributed by atoms with E-state index >= 15 is 0 Å². The molecule has 2 aromatic rings. The third-order valence-corrected chi connectivity index (χ3v) is 3.92. The number of nitrogens with zero attached hydrogens (tertiary/aromatic N) is 2. The van der Waals surface area contributed by atoms with E-state index in [0.29, 0.717) is 12.2 Å². The summed E-state index contributed by atoms with van der Waals surface area (Å²) in [6, 6.07) is 6.75. The third-order valence-electron chi connectivity index (χ3n) is 3.92. The number of aromatic nitrogens is 2. The van der Waals surface area contributed by atoms with Gasteiger partial charge in [0, 0.05) is 17.7 Å². The van der Waals surface area contributed by atoms with Crippen molar-refractivity contribution in [2.75, 3.05) is 6.61 Å². The number of ether oxygens (including phenoxy) is 1. The fourth-order valence-electron chi connectivity index (χ4n) is 2.79. The van der Waals surface area contributed by atoms with Crippen molar-refractivity contribution in [1.29, 1.82) is 5.26 Å². The minimum Gasteiger partial charge on any atom is -0.361 e. The summed E-state index contributed by atoms with van der Waals surface area (Å²) in [7, 11) is 0. The average Bonchev–Trinajstić information content (AvgIpc) is 2.58. The number of aromatic amines is 1. The van der Waals surface area contributed by atoms with Crippen molar-refractivity contribution >= 4 is 5.78 Å². The van der Waals surface area contributed by atoms with Crippen LogP contribution in [0.1, 0.15) is 59.4 Å². The number of aryl methyl sites for hydroxylation is 1. The zero-order chi connectivity index (χ0) is 19.4. The van der Waals surface area contributed by atoms with Crippen LogP contribution in [0.3, 0.4) is 0 Å². The molecule has 0 atom stereocenters. The van der Waals surface area contributed by atoms with Crippen LogP contribution >= 0.6 is 0 Å². The van der Waals surface area contributed by atoms with Crippen molar-refractivity contribution in [3.05, 3.63) is 67.0 Å². The molecule has 0 saturated carbocycles. The molecular formula is C19H21N3O4.